The van der Waals surface area contributed by atoms with Gasteiger partial charge in [0.2, 0.25) is 0 Å². The molecule has 1 saturated heterocycles. The van der Waals surface area contributed by atoms with Gasteiger partial charge in [-0.2, -0.15) is 5.26 Å². The van der Waals surface area contributed by atoms with Gasteiger partial charge in [0.25, 0.3) is 0 Å². The second-order valence-corrected chi connectivity index (χ2v) is 7.25. The highest BCUT2D eigenvalue weighted by Crippen LogP contribution is 2.25. The number of hydrogen-bond acceptors (Lipinski definition) is 4. The number of fused-ring (bicyclic) bond motifs is 1. The molecule has 0 N–H and O–H groups in total. The largest absolute Gasteiger partial charge is 0.368 e. The summed E-state index contributed by atoms with van der Waals surface area (Å²) in [5, 5.41) is 10.7. The number of rotatable bonds is 3. The van der Waals surface area contributed by atoms with Crippen molar-refractivity contribution in [3.05, 3.63) is 64.0 Å². The summed E-state index contributed by atoms with van der Waals surface area (Å²) >= 11 is 12.2. The van der Waals surface area contributed by atoms with Crippen LogP contribution in [-0.2, 0) is 6.54 Å². The quantitative estimate of drug-likeness (QED) is 0.687. The Bertz CT molecular complexity index is 983. The van der Waals surface area contributed by atoms with Gasteiger partial charge in [-0.1, -0.05) is 23.2 Å². The van der Waals surface area contributed by atoms with Crippen molar-refractivity contribution in [3.63, 3.8) is 0 Å². The van der Waals surface area contributed by atoms with Crippen LogP contribution in [0.4, 0.5) is 5.69 Å². The summed E-state index contributed by atoms with van der Waals surface area (Å²) in [6.07, 6.45) is 5.57. The molecule has 3 heterocycles. The van der Waals surface area contributed by atoms with E-state index in [2.05, 4.69) is 20.9 Å². The molecular formula is C19H17Cl2N5. The van der Waals surface area contributed by atoms with Gasteiger partial charge < -0.3 is 9.30 Å². The number of nitriles is 1. The molecule has 0 spiro atoms. The molecule has 1 fully saturated rings. The lowest BCUT2D eigenvalue weighted by Gasteiger charge is -2.36. The number of hydrogen-bond donors (Lipinski definition) is 0. The molecule has 0 amide bonds. The van der Waals surface area contributed by atoms with Gasteiger partial charge in [-0.15, -0.1) is 0 Å². The average Bonchev–Trinajstić information content (AvgIpc) is 3.11. The van der Waals surface area contributed by atoms with Gasteiger partial charge in [0.05, 0.1) is 16.3 Å². The molecule has 1 aliphatic heterocycles. The molecule has 5 nitrogen and oxygen atoms in total. The van der Waals surface area contributed by atoms with E-state index in [1.54, 1.807) is 12.3 Å². The second-order valence-electron chi connectivity index (χ2n) is 6.38. The summed E-state index contributed by atoms with van der Waals surface area (Å²) in [5.74, 6) is 0. The van der Waals surface area contributed by atoms with E-state index in [4.69, 9.17) is 23.2 Å². The van der Waals surface area contributed by atoms with Gasteiger partial charge in [0.15, 0.2) is 0 Å². The van der Waals surface area contributed by atoms with Crippen LogP contribution >= 0.6 is 23.2 Å². The fourth-order valence-electron chi connectivity index (χ4n) is 3.44. The lowest BCUT2D eigenvalue weighted by Crippen LogP contribution is -2.46. The molecule has 7 heteroatoms. The number of imidazole rings is 1. The average molecular weight is 386 g/mol. The number of pyridine rings is 1. The Morgan fingerprint density at radius 2 is 1.88 bits per heavy atom. The minimum absolute atomic E-state index is 0.591. The Kier molecular flexibility index (Phi) is 4.73. The summed E-state index contributed by atoms with van der Waals surface area (Å²) in [5.41, 5.74) is 3.65. The maximum absolute atomic E-state index is 9.36. The number of anilines is 1. The Labute approximate surface area is 162 Å². The van der Waals surface area contributed by atoms with Crippen molar-refractivity contribution in [2.45, 2.75) is 6.54 Å². The molecule has 26 heavy (non-hydrogen) atoms. The molecule has 0 saturated carbocycles. The van der Waals surface area contributed by atoms with E-state index in [0.717, 1.165) is 49.6 Å². The molecule has 0 unspecified atom stereocenters. The van der Waals surface area contributed by atoms with Crippen LogP contribution in [0.1, 0.15) is 11.1 Å². The van der Waals surface area contributed by atoms with Crippen molar-refractivity contribution in [2.75, 3.05) is 31.1 Å². The molecule has 3 aromatic rings. The molecule has 0 bridgehead atoms. The SMILES string of the molecule is N#Cc1cc(Cl)ccc1N1CCN(Cc2cc(Cl)cn3ccnc23)CC1. The lowest BCUT2D eigenvalue weighted by atomic mass is 10.1. The lowest BCUT2D eigenvalue weighted by molar-refractivity contribution is 0.250. The normalized spacial score (nSPS) is 15.3. The van der Waals surface area contributed by atoms with Gasteiger partial charge >= 0.3 is 0 Å². The first-order valence-corrected chi connectivity index (χ1v) is 9.18. The van der Waals surface area contributed by atoms with Crippen LogP contribution in [0.2, 0.25) is 10.0 Å². The smallest absolute Gasteiger partial charge is 0.141 e. The number of aromatic nitrogens is 2. The van der Waals surface area contributed by atoms with E-state index < -0.39 is 0 Å². The van der Waals surface area contributed by atoms with Gasteiger partial charge in [-0.3, -0.25) is 4.90 Å². The van der Waals surface area contributed by atoms with Crippen LogP contribution in [0, 0.1) is 11.3 Å². The summed E-state index contributed by atoms with van der Waals surface area (Å²) < 4.78 is 1.96. The van der Waals surface area contributed by atoms with Gasteiger partial charge in [0, 0.05) is 61.9 Å². The number of benzene rings is 1. The van der Waals surface area contributed by atoms with Crippen molar-refractivity contribution in [1.82, 2.24) is 14.3 Å². The maximum atomic E-state index is 9.36. The highest BCUT2D eigenvalue weighted by Gasteiger charge is 2.20. The Morgan fingerprint density at radius 3 is 2.65 bits per heavy atom. The maximum Gasteiger partial charge on any atom is 0.141 e. The molecule has 0 radical (unpaired) electrons. The molecule has 1 aromatic carbocycles. The first-order valence-electron chi connectivity index (χ1n) is 8.42. The molecule has 0 aliphatic carbocycles. The molecule has 2 aromatic heterocycles. The van der Waals surface area contributed by atoms with Crippen molar-refractivity contribution < 1.29 is 0 Å². The number of halogens is 2. The van der Waals surface area contributed by atoms with E-state index in [1.165, 1.54) is 0 Å². The summed E-state index contributed by atoms with van der Waals surface area (Å²) in [4.78, 5) is 9.07. The Hall–Kier alpha value is -2.26. The van der Waals surface area contributed by atoms with Crippen LogP contribution in [0.25, 0.3) is 5.65 Å². The minimum Gasteiger partial charge on any atom is -0.368 e. The Morgan fingerprint density at radius 1 is 1.08 bits per heavy atom. The molecule has 4 rings (SSSR count). The van der Waals surface area contributed by atoms with Crippen molar-refractivity contribution in [3.8, 4) is 6.07 Å². The van der Waals surface area contributed by atoms with Crippen LogP contribution in [0.15, 0.2) is 42.9 Å². The molecule has 1 aliphatic rings. The van der Waals surface area contributed by atoms with Crippen LogP contribution in [0.3, 0.4) is 0 Å². The van der Waals surface area contributed by atoms with Crippen molar-refractivity contribution >= 4 is 34.5 Å². The fourth-order valence-corrected chi connectivity index (χ4v) is 3.85. The summed E-state index contributed by atoms with van der Waals surface area (Å²) in [7, 11) is 0. The van der Waals surface area contributed by atoms with Crippen molar-refractivity contribution in [2.24, 2.45) is 0 Å². The predicted molar refractivity (Wildman–Crippen MR) is 104 cm³/mol. The fraction of sp³-hybridized carbons (Fsp3) is 0.263. The molecule has 132 valence electrons. The van der Waals surface area contributed by atoms with Crippen LogP contribution in [-0.4, -0.2) is 40.5 Å². The zero-order chi connectivity index (χ0) is 18.1. The third-order valence-corrected chi connectivity index (χ3v) is 5.16. The van der Waals surface area contributed by atoms with Crippen molar-refractivity contribution in [1.29, 1.82) is 5.26 Å². The summed E-state index contributed by atoms with van der Waals surface area (Å²) in [6, 6.07) is 9.73. The zero-order valence-corrected chi connectivity index (χ0v) is 15.6. The first kappa shape index (κ1) is 17.2. The van der Waals surface area contributed by atoms with Gasteiger partial charge in [0.1, 0.15) is 11.7 Å². The van der Waals surface area contributed by atoms with E-state index in [-0.39, 0.29) is 0 Å². The topological polar surface area (TPSA) is 47.6 Å². The summed E-state index contributed by atoms with van der Waals surface area (Å²) in [6.45, 7) is 4.35. The van der Waals surface area contributed by atoms with E-state index in [1.807, 2.05) is 35.0 Å². The number of piperazine rings is 1. The second kappa shape index (κ2) is 7.16. The number of nitrogens with zero attached hydrogens (tertiary/aromatic N) is 5. The van der Waals surface area contributed by atoms with Crippen LogP contribution < -0.4 is 4.90 Å². The highest BCUT2D eigenvalue weighted by atomic mass is 35.5. The third-order valence-electron chi connectivity index (χ3n) is 4.72. The van der Waals surface area contributed by atoms with Gasteiger partial charge in [-0.25, -0.2) is 4.98 Å². The first-order chi connectivity index (χ1) is 12.6. The third kappa shape index (κ3) is 3.36. The van der Waals surface area contributed by atoms with E-state index in [9.17, 15) is 5.26 Å². The predicted octanol–water partition coefficient (Wildman–Crippen LogP) is 3.83. The highest BCUT2D eigenvalue weighted by molar-refractivity contribution is 6.31. The monoisotopic (exact) mass is 385 g/mol. The molecular weight excluding hydrogens is 369 g/mol. The standard InChI is InChI=1S/C19H17Cl2N5/c20-16-1-2-18(14(9-16)11-22)25-7-5-24(6-8-25)12-15-10-17(21)13-26-4-3-23-19(15)26/h1-4,9-10,13H,5-8,12H2. The van der Waals surface area contributed by atoms with E-state index in [0.29, 0.717) is 15.6 Å². The molecule has 0 atom stereocenters. The minimum atomic E-state index is 0.591. The van der Waals surface area contributed by atoms with E-state index >= 15 is 0 Å². The Balaban J connectivity index is 1.47. The zero-order valence-electron chi connectivity index (χ0n) is 14.1. The van der Waals surface area contributed by atoms with Crippen LogP contribution in [0.5, 0.6) is 0 Å². The van der Waals surface area contributed by atoms with Gasteiger partial charge in [-0.05, 0) is 24.3 Å².